The molecule has 0 bridgehead atoms. The van der Waals surface area contributed by atoms with Crippen LogP contribution in [0.4, 0.5) is 5.69 Å². The zero-order chi connectivity index (χ0) is 13.7. The van der Waals surface area contributed by atoms with Crippen LogP contribution in [0.3, 0.4) is 0 Å². The first kappa shape index (κ1) is 13.1. The average molecular weight is 260 g/mol. The highest BCUT2D eigenvalue weighted by molar-refractivity contribution is 5.76. The third kappa shape index (κ3) is 3.56. The molecular formula is C13H16N4O2. The predicted octanol–water partition coefficient (Wildman–Crippen LogP) is 0.315. The Hall–Kier alpha value is -2.34. The first-order valence-electron chi connectivity index (χ1n) is 5.92. The van der Waals surface area contributed by atoms with Crippen LogP contribution in [0.2, 0.25) is 0 Å². The summed E-state index contributed by atoms with van der Waals surface area (Å²) in [6.07, 6.45) is 3.06. The van der Waals surface area contributed by atoms with Crippen LogP contribution >= 0.6 is 0 Å². The molecule has 19 heavy (non-hydrogen) atoms. The van der Waals surface area contributed by atoms with Gasteiger partial charge in [0.25, 0.3) is 0 Å². The summed E-state index contributed by atoms with van der Waals surface area (Å²) in [6, 6.07) is 8.89. The number of anilines is 1. The molecule has 100 valence electrons. The molecule has 0 saturated carbocycles. The molecule has 2 aromatic rings. The molecule has 1 aromatic carbocycles. The lowest BCUT2D eigenvalue weighted by Crippen LogP contribution is -2.33. The third-order valence-corrected chi connectivity index (χ3v) is 2.68. The highest BCUT2D eigenvalue weighted by Crippen LogP contribution is 2.11. The zero-order valence-corrected chi connectivity index (χ0v) is 10.4. The number of aliphatic hydroxyl groups is 1. The fourth-order valence-corrected chi connectivity index (χ4v) is 1.77. The van der Waals surface area contributed by atoms with Crippen LogP contribution in [0.5, 0.6) is 0 Å². The van der Waals surface area contributed by atoms with E-state index in [-0.39, 0.29) is 19.1 Å². The Kier molecular flexibility index (Phi) is 4.15. The first-order valence-corrected chi connectivity index (χ1v) is 5.92. The second-order valence-corrected chi connectivity index (χ2v) is 4.18. The number of nitrogen functional groups attached to an aromatic ring is 1. The van der Waals surface area contributed by atoms with Crippen molar-refractivity contribution in [2.24, 2.45) is 0 Å². The second-order valence-electron chi connectivity index (χ2n) is 4.18. The normalized spacial score (nSPS) is 12.1. The van der Waals surface area contributed by atoms with E-state index in [1.165, 1.54) is 10.9 Å². The zero-order valence-electron chi connectivity index (χ0n) is 10.4. The van der Waals surface area contributed by atoms with Crippen LogP contribution in [-0.2, 0) is 11.3 Å². The maximum atomic E-state index is 11.8. The van der Waals surface area contributed by atoms with Crippen molar-refractivity contribution >= 4 is 11.6 Å². The highest BCUT2D eigenvalue weighted by atomic mass is 16.3. The Morgan fingerprint density at radius 3 is 2.74 bits per heavy atom. The summed E-state index contributed by atoms with van der Waals surface area (Å²) in [7, 11) is 0. The largest absolute Gasteiger partial charge is 0.396 e. The summed E-state index contributed by atoms with van der Waals surface area (Å²) >= 11 is 0. The van der Waals surface area contributed by atoms with Gasteiger partial charge in [0.1, 0.15) is 6.54 Å². The van der Waals surface area contributed by atoms with Crippen LogP contribution in [0.15, 0.2) is 42.7 Å². The van der Waals surface area contributed by atoms with Crippen molar-refractivity contribution in [3.8, 4) is 0 Å². The van der Waals surface area contributed by atoms with E-state index in [4.69, 9.17) is 5.73 Å². The van der Waals surface area contributed by atoms with Crippen molar-refractivity contribution < 1.29 is 9.90 Å². The monoisotopic (exact) mass is 260 g/mol. The summed E-state index contributed by atoms with van der Waals surface area (Å²) in [6.45, 7) is -0.0858. The highest BCUT2D eigenvalue weighted by Gasteiger charge is 2.13. The Balaban J connectivity index is 1.97. The van der Waals surface area contributed by atoms with Crippen molar-refractivity contribution in [3.63, 3.8) is 0 Å². The van der Waals surface area contributed by atoms with Crippen molar-refractivity contribution in [2.45, 2.75) is 12.6 Å². The van der Waals surface area contributed by atoms with Crippen LogP contribution in [0.25, 0.3) is 0 Å². The molecule has 0 unspecified atom stereocenters. The molecule has 0 saturated heterocycles. The average Bonchev–Trinajstić information content (AvgIpc) is 2.82. The second kappa shape index (κ2) is 6.01. The summed E-state index contributed by atoms with van der Waals surface area (Å²) < 4.78 is 1.45. The number of rotatable bonds is 5. The molecule has 4 N–H and O–H groups in total. The van der Waals surface area contributed by atoms with Crippen LogP contribution < -0.4 is 11.1 Å². The van der Waals surface area contributed by atoms with Crippen LogP contribution in [-0.4, -0.2) is 27.4 Å². The van der Waals surface area contributed by atoms with E-state index in [1.54, 1.807) is 6.20 Å². The SMILES string of the molecule is Nc1cnn(CC(=O)N[C@H](CO)c2ccccc2)c1. The van der Waals surface area contributed by atoms with Gasteiger partial charge in [-0.1, -0.05) is 30.3 Å². The van der Waals surface area contributed by atoms with Crippen molar-refractivity contribution in [3.05, 3.63) is 48.3 Å². The van der Waals surface area contributed by atoms with Gasteiger partial charge >= 0.3 is 0 Å². The van der Waals surface area contributed by atoms with E-state index >= 15 is 0 Å². The van der Waals surface area contributed by atoms with Gasteiger partial charge in [-0.05, 0) is 5.56 Å². The maximum Gasteiger partial charge on any atom is 0.242 e. The van der Waals surface area contributed by atoms with Gasteiger partial charge in [-0.3, -0.25) is 9.48 Å². The van der Waals surface area contributed by atoms with Crippen LogP contribution in [0.1, 0.15) is 11.6 Å². The van der Waals surface area contributed by atoms with E-state index in [2.05, 4.69) is 10.4 Å². The number of nitrogens with one attached hydrogen (secondary N) is 1. The number of carbonyl (C=O) groups is 1. The standard InChI is InChI=1S/C13H16N4O2/c14-11-6-15-17(7-11)8-13(19)16-12(9-18)10-4-2-1-3-5-10/h1-7,12,18H,8-9,14H2,(H,16,19)/t12-/m1/s1. The summed E-state index contributed by atoms with van der Waals surface area (Å²) in [5, 5.41) is 16.0. The van der Waals surface area contributed by atoms with E-state index < -0.39 is 6.04 Å². The minimum Gasteiger partial charge on any atom is -0.396 e. The van der Waals surface area contributed by atoms with Crippen LogP contribution in [0, 0.1) is 0 Å². The summed E-state index contributed by atoms with van der Waals surface area (Å²) in [5.41, 5.74) is 6.89. The van der Waals surface area contributed by atoms with Crippen molar-refractivity contribution in [1.29, 1.82) is 0 Å². The first-order chi connectivity index (χ1) is 9.19. The molecule has 6 nitrogen and oxygen atoms in total. The topological polar surface area (TPSA) is 93.2 Å². The molecule has 1 aromatic heterocycles. The van der Waals surface area contributed by atoms with Gasteiger partial charge in [0.2, 0.25) is 5.91 Å². The van der Waals surface area contributed by atoms with E-state index in [0.717, 1.165) is 5.56 Å². The Morgan fingerprint density at radius 1 is 1.42 bits per heavy atom. The molecule has 1 heterocycles. The van der Waals surface area contributed by atoms with Gasteiger partial charge in [0.15, 0.2) is 0 Å². The molecule has 2 rings (SSSR count). The van der Waals surface area contributed by atoms with Gasteiger partial charge < -0.3 is 16.2 Å². The Bertz CT molecular complexity index is 539. The lowest BCUT2D eigenvalue weighted by Gasteiger charge is -2.16. The lowest BCUT2D eigenvalue weighted by molar-refractivity contribution is -0.122. The molecule has 6 heteroatoms. The number of hydrogen-bond donors (Lipinski definition) is 3. The number of amides is 1. The number of nitrogens with zero attached hydrogens (tertiary/aromatic N) is 2. The van der Waals surface area contributed by atoms with Gasteiger partial charge in [-0.25, -0.2) is 0 Å². The molecule has 1 amide bonds. The molecule has 0 aliphatic carbocycles. The molecule has 0 aliphatic rings. The summed E-state index contributed by atoms with van der Waals surface area (Å²) in [4.78, 5) is 11.8. The van der Waals surface area contributed by atoms with Crippen molar-refractivity contribution in [1.82, 2.24) is 15.1 Å². The number of carbonyl (C=O) groups excluding carboxylic acids is 1. The van der Waals surface area contributed by atoms with Gasteiger partial charge in [-0.2, -0.15) is 5.10 Å². The molecule has 1 atom stereocenters. The molecular weight excluding hydrogens is 244 g/mol. The number of benzene rings is 1. The molecule has 0 radical (unpaired) electrons. The maximum absolute atomic E-state index is 11.8. The number of aromatic nitrogens is 2. The Labute approximate surface area is 110 Å². The predicted molar refractivity (Wildman–Crippen MR) is 71.1 cm³/mol. The summed E-state index contributed by atoms with van der Waals surface area (Å²) in [5.74, 6) is -0.231. The van der Waals surface area contributed by atoms with Gasteiger partial charge in [0.05, 0.1) is 24.5 Å². The molecule has 0 aliphatic heterocycles. The van der Waals surface area contributed by atoms with Crippen molar-refractivity contribution in [2.75, 3.05) is 12.3 Å². The Morgan fingerprint density at radius 2 is 2.16 bits per heavy atom. The number of hydrogen-bond acceptors (Lipinski definition) is 4. The molecule has 0 spiro atoms. The minimum absolute atomic E-state index is 0.0700. The number of nitrogens with two attached hydrogens (primary N) is 1. The quantitative estimate of drug-likeness (QED) is 0.721. The minimum atomic E-state index is -0.415. The van der Waals surface area contributed by atoms with Gasteiger partial charge in [-0.15, -0.1) is 0 Å². The van der Waals surface area contributed by atoms with E-state index in [9.17, 15) is 9.90 Å². The lowest BCUT2D eigenvalue weighted by atomic mass is 10.1. The van der Waals surface area contributed by atoms with E-state index in [0.29, 0.717) is 5.69 Å². The van der Waals surface area contributed by atoms with Gasteiger partial charge in [0, 0.05) is 6.20 Å². The fraction of sp³-hybridized carbons (Fsp3) is 0.231. The number of aliphatic hydroxyl groups excluding tert-OH is 1. The third-order valence-electron chi connectivity index (χ3n) is 2.68. The van der Waals surface area contributed by atoms with E-state index in [1.807, 2.05) is 30.3 Å². The molecule has 0 fully saturated rings. The fourth-order valence-electron chi connectivity index (χ4n) is 1.77. The smallest absolute Gasteiger partial charge is 0.242 e.